The summed E-state index contributed by atoms with van der Waals surface area (Å²) >= 11 is 9.15. The molecule has 0 aliphatic rings. The average molecular weight is 301 g/mol. The van der Waals surface area contributed by atoms with E-state index in [0.29, 0.717) is 5.88 Å². The molecule has 1 aromatic carbocycles. The quantitative estimate of drug-likeness (QED) is 0.815. The largest absolute Gasteiger partial charge is 0.220 e. The highest BCUT2D eigenvalue weighted by molar-refractivity contribution is 9.10. The Balaban J connectivity index is 2.31. The van der Waals surface area contributed by atoms with Gasteiger partial charge in [0, 0.05) is 16.8 Å². The number of hydrogen-bond donors (Lipinski definition) is 0. The van der Waals surface area contributed by atoms with Crippen molar-refractivity contribution in [2.45, 2.75) is 13.3 Å². The summed E-state index contributed by atoms with van der Waals surface area (Å²) in [5, 5.41) is 8.11. The van der Waals surface area contributed by atoms with Crippen molar-refractivity contribution < 1.29 is 0 Å². The molecule has 2 aromatic rings. The third-order valence-corrected chi connectivity index (χ3v) is 3.35. The van der Waals surface area contributed by atoms with Crippen molar-refractivity contribution in [1.82, 2.24) is 15.0 Å². The Bertz CT molecular complexity index is 496. The molecule has 0 aliphatic heterocycles. The van der Waals surface area contributed by atoms with Crippen molar-refractivity contribution in [2.24, 2.45) is 0 Å². The Labute approximate surface area is 108 Å². The van der Waals surface area contributed by atoms with Gasteiger partial charge in [-0.05, 0) is 24.6 Å². The summed E-state index contributed by atoms with van der Waals surface area (Å²) in [5.74, 6) is 0.566. The molecule has 0 radical (unpaired) electrons. The van der Waals surface area contributed by atoms with Crippen LogP contribution in [0.2, 0.25) is 0 Å². The van der Waals surface area contributed by atoms with E-state index in [-0.39, 0.29) is 0 Å². The summed E-state index contributed by atoms with van der Waals surface area (Å²) in [7, 11) is 0. The highest BCUT2D eigenvalue weighted by Crippen LogP contribution is 2.19. The average Bonchev–Trinajstić information content (AvgIpc) is 2.71. The van der Waals surface area contributed by atoms with Crippen LogP contribution in [0.4, 0.5) is 0 Å². The Hall–Kier alpha value is -0.870. The second kappa shape index (κ2) is 4.97. The van der Waals surface area contributed by atoms with E-state index in [0.717, 1.165) is 22.3 Å². The maximum absolute atomic E-state index is 5.65. The van der Waals surface area contributed by atoms with Crippen molar-refractivity contribution in [2.75, 3.05) is 5.88 Å². The molecule has 0 spiro atoms. The van der Waals surface area contributed by atoms with E-state index >= 15 is 0 Å². The van der Waals surface area contributed by atoms with Crippen LogP contribution < -0.4 is 0 Å². The lowest BCUT2D eigenvalue weighted by Gasteiger charge is -2.02. The number of aromatic nitrogens is 3. The normalized spacial score (nSPS) is 10.7. The van der Waals surface area contributed by atoms with Gasteiger partial charge >= 0.3 is 0 Å². The predicted octanol–water partition coefficient (Wildman–Crippen LogP) is 3.12. The molecule has 0 amide bonds. The van der Waals surface area contributed by atoms with Crippen LogP contribution in [0.5, 0.6) is 0 Å². The van der Waals surface area contributed by atoms with E-state index in [1.807, 2.05) is 31.3 Å². The standard InChI is InChI=1S/C11H11BrClN3/c1-8-2-3-10(6-11(8)12)16-7-9(4-5-13)14-15-16/h2-3,6-7H,4-5H2,1H3. The van der Waals surface area contributed by atoms with Gasteiger partial charge in [0.25, 0.3) is 0 Å². The van der Waals surface area contributed by atoms with E-state index < -0.39 is 0 Å². The minimum Gasteiger partial charge on any atom is -0.220 e. The fourth-order valence-corrected chi connectivity index (χ4v) is 1.92. The topological polar surface area (TPSA) is 30.7 Å². The maximum atomic E-state index is 5.65. The first-order valence-electron chi connectivity index (χ1n) is 4.94. The van der Waals surface area contributed by atoms with E-state index in [4.69, 9.17) is 11.6 Å². The number of benzene rings is 1. The lowest BCUT2D eigenvalue weighted by molar-refractivity contribution is 0.797. The van der Waals surface area contributed by atoms with Gasteiger partial charge in [0.2, 0.25) is 0 Å². The van der Waals surface area contributed by atoms with Gasteiger partial charge in [0.1, 0.15) is 0 Å². The summed E-state index contributed by atoms with van der Waals surface area (Å²) in [6.07, 6.45) is 2.65. The number of halogens is 2. The first-order valence-corrected chi connectivity index (χ1v) is 6.27. The third kappa shape index (κ3) is 2.44. The second-order valence-corrected chi connectivity index (χ2v) is 4.76. The van der Waals surface area contributed by atoms with Gasteiger partial charge in [-0.2, -0.15) is 0 Å². The molecule has 16 heavy (non-hydrogen) atoms. The number of aryl methyl sites for hydroxylation is 2. The highest BCUT2D eigenvalue weighted by atomic mass is 79.9. The molecule has 0 fully saturated rings. The SMILES string of the molecule is Cc1ccc(-n2cc(CCCl)nn2)cc1Br. The van der Waals surface area contributed by atoms with E-state index in [1.54, 1.807) is 4.68 Å². The van der Waals surface area contributed by atoms with Crippen molar-refractivity contribution >= 4 is 27.5 Å². The van der Waals surface area contributed by atoms with Crippen LogP contribution in [-0.4, -0.2) is 20.9 Å². The second-order valence-electron chi connectivity index (χ2n) is 3.53. The highest BCUT2D eigenvalue weighted by Gasteiger charge is 2.03. The minimum atomic E-state index is 0.566. The Kier molecular flexibility index (Phi) is 3.61. The minimum absolute atomic E-state index is 0.566. The van der Waals surface area contributed by atoms with Crippen LogP contribution in [0.3, 0.4) is 0 Å². The van der Waals surface area contributed by atoms with Gasteiger partial charge in [0.05, 0.1) is 17.6 Å². The fourth-order valence-electron chi connectivity index (χ4n) is 1.36. The zero-order valence-corrected chi connectivity index (χ0v) is 11.2. The Morgan fingerprint density at radius 3 is 2.94 bits per heavy atom. The molecule has 0 bridgehead atoms. The zero-order chi connectivity index (χ0) is 11.5. The first kappa shape index (κ1) is 11.6. The summed E-state index contributed by atoms with van der Waals surface area (Å²) < 4.78 is 2.82. The monoisotopic (exact) mass is 299 g/mol. The molecule has 3 nitrogen and oxygen atoms in total. The van der Waals surface area contributed by atoms with Crippen molar-refractivity contribution in [3.8, 4) is 5.69 Å². The van der Waals surface area contributed by atoms with E-state index in [9.17, 15) is 0 Å². The van der Waals surface area contributed by atoms with E-state index in [1.165, 1.54) is 5.56 Å². The maximum Gasteiger partial charge on any atom is 0.0843 e. The molecule has 84 valence electrons. The zero-order valence-electron chi connectivity index (χ0n) is 8.82. The number of rotatable bonds is 3. The van der Waals surface area contributed by atoms with Gasteiger partial charge in [-0.15, -0.1) is 16.7 Å². The molecule has 0 saturated carbocycles. The lowest BCUT2D eigenvalue weighted by atomic mass is 10.2. The lowest BCUT2D eigenvalue weighted by Crippen LogP contribution is -1.95. The van der Waals surface area contributed by atoms with Gasteiger partial charge in [-0.25, -0.2) is 4.68 Å². The number of nitrogens with zero attached hydrogens (tertiary/aromatic N) is 3. The van der Waals surface area contributed by atoms with Crippen molar-refractivity contribution in [3.63, 3.8) is 0 Å². The number of hydrogen-bond acceptors (Lipinski definition) is 2. The van der Waals surface area contributed by atoms with E-state index in [2.05, 4.69) is 26.2 Å². The number of alkyl halides is 1. The fraction of sp³-hybridized carbons (Fsp3) is 0.273. The summed E-state index contributed by atoms with van der Waals surface area (Å²) in [5.41, 5.74) is 3.10. The first-order chi connectivity index (χ1) is 7.70. The molecule has 1 heterocycles. The molecule has 0 unspecified atom stereocenters. The third-order valence-electron chi connectivity index (χ3n) is 2.31. The van der Waals surface area contributed by atoms with Crippen LogP contribution in [0.1, 0.15) is 11.3 Å². The van der Waals surface area contributed by atoms with Crippen LogP contribution in [0.15, 0.2) is 28.9 Å². The predicted molar refractivity (Wildman–Crippen MR) is 68.2 cm³/mol. The molecule has 0 saturated heterocycles. The summed E-state index contributed by atoms with van der Waals surface area (Å²) in [6, 6.07) is 6.08. The molecule has 0 atom stereocenters. The molecule has 1 aromatic heterocycles. The molecule has 0 N–H and O–H groups in total. The summed E-state index contributed by atoms with van der Waals surface area (Å²) in [4.78, 5) is 0. The Morgan fingerprint density at radius 2 is 2.25 bits per heavy atom. The van der Waals surface area contributed by atoms with Gasteiger partial charge in [0.15, 0.2) is 0 Å². The molecule has 5 heteroatoms. The van der Waals surface area contributed by atoms with Gasteiger partial charge in [-0.1, -0.05) is 27.2 Å². The molecular formula is C11H11BrClN3. The van der Waals surface area contributed by atoms with Crippen LogP contribution >= 0.6 is 27.5 Å². The Morgan fingerprint density at radius 1 is 1.44 bits per heavy atom. The van der Waals surface area contributed by atoms with Crippen LogP contribution in [-0.2, 0) is 6.42 Å². The van der Waals surface area contributed by atoms with Crippen molar-refractivity contribution in [1.29, 1.82) is 0 Å². The van der Waals surface area contributed by atoms with Crippen molar-refractivity contribution in [3.05, 3.63) is 40.1 Å². The molecule has 0 aliphatic carbocycles. The smallest absolute Gasteiger partial charge is 0.0843 e. The van der Waals surface area contributed by atoms with Gasteiger partial charge in [-0.3, -0.25) is 0 Å². The van der Waals surface area contributed by atoms with Gasteiger partial charge < -0.3 is 0 Å². The molecular weight excluding hydrogens is 289 g/mol. The molecule has 2 rings (SSSR count). The van der Waals surface area contributed by atoms with Crippen LogP contribution in [0.25, 0.3) is 5.69 Å². The van der Waals surface area contributed by atoms with Crippen LogP contribution in [0, 0.1) is 6.92 Å². The summed E-state index contributed by atoms with van der Waals surface area (Å²) in [6.45, 7) is 2.05.